The lowest BCUT2D eigenvalue weighted by atomic mass is 10.1. The number of aryl methyl sites for hydroxylation is 1. The van der Waals surface area contributed by atoms with E-state index in [1.165, 1.54) is 5.56 Å². The lowest BCUT2D eigenvalue weighted by Gasteiger charge is -2.14. The zero-order chi connectivity index (χ0) is 10.4. The summed E-state index contributed by atoms with van der Waals surface area (Å²) in [6.07, 6.45) is 5.03. The van der Waals surface area contributed by atoms with Gasteiger partial charge in [0.2, 0.25) is 0 Å². The van der Waals surface area contributed by atoms with E-state index in [0.717, 1.165) is 19.6 Å². The minimum absolute atomic E-state index is 0.388. The number of rotatable bonds is 6. The fraction of sp³-hybridized carbons (Fsp3) is 0.700. The molecule has 0 radical (unpaired) electrons. The lowest BCUT2D eigenvalue weighted by molar-refractivity contribution is 0.195. The summed E-state index contributed by atoms with van der Waals surface area (Å²) in [5.74, 6) is 0. The average molecular weight is 197 g/mol. The van der Waals surface area contributed by atoms with Crippen LogP contribution in [0.15, 0.2) is 12.4 Å². The third kappa shape index (κ3) is 3.12. The number of hydrogen-bond donors (Lipinski definition) is 1. The molecule has 80 valence electrons. The molecule has 1 aromatic heterocycles. The predicted molar refractivity (Wildman–Crippen MR) is 56.1 cm³/mol. The highest BCUT2D eigenvalue weighted by Crippen LogP contribution is 2.14. The van der Waals surface area contributed by atoms with E-state index < -0.39 is 0 Å². The monoisotopic (exact) mass is 197 g/mol. The van der Waals surface area contributed by atoms with E-state index in [1.54, 1.807) is 7.11 Å². The molecule has 0 fully saturated rings. The van der Waals surface area contributed by atoms with Crippen LogP contribution in [0, 0.1) is 0 Å². The van der Waals surface area contributed by atoms with Gasteiger partial charge in [-0.1, -0.05) is 6.92 Å². The van der Waals surface area contributed by atoms with Gasteiger partial charge in [0.1, 0.15) is 0 Å². The van der Waals surface area contributed by atoms with Gasteiger partial charge >= 0.3 is 0 Å². The number of methoxy groups -OCH3 is 1. The first-order valence-electron chi connectivity index (χ1n) is 4.98. The summed E-state index contributed by atoms with van der Waals surface area (Å²) in [6, 6.07) is 0.388. The number of nitrogens with zero attached hydrogens (tertiary/aromatic N) is 2. The summed E-state index contributed by atoms with van der Waals surface area (Å²) in [5, 5.41) is 7.58. The van der Waals surface area contributed by atoms with Crippen molar-refractivity contribution in [1.82, 2.24) is 15.1 Å². The minimum atomic E-state index is 0.388. The fourth-order valence-corrected chi connectivity index (χ4v) is 1.45. The normalized spacial score (nSPS) is 13.1. The highest BCUT2D eigenvalue weighted by atomic mass is 16.5. The van der Waals surface area contributed by atoms with Gasteiger partial charge in [0.05, 0.1) is 12.8 Å². The number of ether oxygens (including phenoxy) is 1. The molecule has 1 atom stereocenters. The molecule has 0 aliphatic heterocycles. The molecule has 0 aromatic carbocycles. The van der Waals surface area contributed by atoms with Gasteiger partial charge in [-0.2, -0.15) is 5.10 Å². The molecule has 1 aromatic rings. The third-order valence-electron chi connectivity index (χ3n) is 2.23. The molecule has 0 saturated heterocycles. The molecule has 0 spiro atoms. The van der Waals surface area contributed by atoms with Gasteiger partial charge in [-0.3, -0.25) is 4.68 Å². The maximum absolute atomic E-state index is 4.99. The second kappa shape index (κ2) is 5.78. The summed E-state index contributed by atoms with van der Waals surface area (Å²) in [5.41, 5.74) is 1.24. The van der Waals surface area contributed by atoms with Gasteiger partial charge in [0, 0.05) is 38.5 Å². The smallest absolute Gasteiger partial charge is 0.0587 e. The molecule has 1 unspecified atom stereocenters. The first-order valence-corrected chi connectivity index (χ1v) is 4.98. The van der Waals surface area contributed by atoms with E-state index in [4.69, 9.17) is 4.74 Å². The van der Waals surface area contributed by atoms with E-state index in [-0.39, 0.29) is 0 Å². The molecule has 0 saturated carbocycles. The SMILES string of the molecule is CCC(NCCOC)c1cnn(C)c1. The Bertz CT molecular complexity index is 260. The van der Waals surface area contributed by atoms with Gasteiger partial charge in [0.15, 0.2) is 0 Å². The van der Waals surface area contributed by atoms with Crippen molar-refractivity contribution < 1.29 is 4.74 Å². The largest absolute Gasteiger partial charge is 0.383 e. The van der Waals surface area contributed by atoms with Crippen molar-refractivity contribution in [2.75, 3.05) is 20.3 Å². The van der Waals surface area contributed by atoms with E-state index in [1.807, 2.05) is 24.1 Å². The van der Waals surface area contributed by atoms with Crippen LogP contribution < -0.4 is 5.32 Å². The van der Waals surface area contributed by atoms with Gasteiger partial charge in [0.25, 0.3) is 0 Å². The molecule has 0 aliphatic rings. The van der Waals surface area contributed by atoms with Crippen LogP contribution in [0.2, 0.25) is 0 Å². The zero-order valence-corrected chi connectivity index (χ0v) is 9.16. The Morgan fingerprint density at radius 3 is 2.93 bits per heavy atom. The Morgan fingerprint density at radius 2 is 2.43 bits per heavy atom. The van der Waals surface area contributed by atoms with E-state index in [9.17, 15) is 0 Å². The summed E-state index contributed by atoms with van der Waals surface area (Å²) >= 11 is 0. The maximum atomic E-state index is 4.99. The standard InChI is InChI=1S/C10H19N3O/c1-4-10(11-5-6-14-3)9-7-12-13(2)8-9/h7-8,10-11H,4-6H2,1-3H3. The van der Waals surface area contributed by atoms with Crippen molar-refractivity contribution in [3.63, 3.8) is 0 Å². The van der Waals surface area contributed by atoms with Crippen molar-refractivity contribution in [3.8, 4) is 0 Å². The lowest BCUT2D eigenvalue weighted by Crippen LogP contribution is -2.24. The van der Waals surface area contributed by atoms with Crippen molar-refractivity contribution in [2.24, 2.45) is 7.05 Å². The predicted octanol–water partition coefficient (Wildman–Crippen LogP) is 1.11. The van der Waals surface area contributed by atoms with Crippen LogP contribution in [0.3, 0.4) is 0 Å². The molecule has 0 aliphatic carbocycles. The topological polar surface area (TPSA) is 39.1 Å². The summed E-state index contributed by atoms with van der Waals surface area (Å²) in [6.45, 7) is 3.79. The molecule has 1 heterocycles. The first-order chi connectivity index (χ1) is 6.77. The van der Waals surface area contributed by atoms with Crippen LogP contribution >= 0.6 is 0 Å². The quantitative estimate of drug-likeness (QED) is 0.694. The second-order valence-electron chi connectivity index (χ2n) is 3.36. The molecule has 0 amide bonds. The van der Waals surface area contributed by atoms with Crippen LogP contribution in [0.25, 0.3) is 0 Å². The molecule has 4 heteroatoms. The van der Waals surface area contributed by atoms with Crippen LogP contribution in [-0.4, -0.2) is 30.0 Å². The summed E-state index contributed by atoms with van der Waals surface area (Å²) in [4.78, 5) is 0. The summed E-state index contributed by atoms with van der Waals surface area (Å²) in [7, 11) is 3.65. The Labute approximate surface area is 85.3 Å². The van der Waals surface area contributed by atoms with Gasteiger partial charge in [-0.15, -0.1) is 0 Å². The Morgan fingerprint density at radius 1 is 1.64 bits per heavy atom. The van der Waals surface area contributed by atoms with Crippen LogP contribution in [0.4, 0.5) is 0 Å². The van der Waals surface area contributed by atoms with E-state index in [2.05, 4.69) is 17.3 Å². The van der Waals surface area contributed by atoms with Gasteiger partial charge in [-0.25, -0.2) is 0 Å². The number of aromatic nitrogens is 2. The molecule has 1 rings (SSSR count). The van der Waals surface area contributed by atoms with Gasteiger partial charge in [-0.05, 0) is 6.42 Å². The van der Waals surface area contributed by atoms with E-state index in [0.29, 0.717) is 6.04 Å². The number of nitrogens with one attached hydrogen (secondary N) is 1. The fourth-order valence-electron chi connectivity index (χ4n) is 1.45. The third-order valence-corrected chi connectivity index (χ3v) is 2.23. The van der Waals surface area contributed by atoms with Crippen molar-refractivity contribution in [1.29, 1.82) is 0 Å². The number of hydrogen-bond acceptors (Lipinski definition) is 3. The Hall–Kier alpha value is -0.870. The zero-order valence-electron chi connectivity index (χ0n) is 9.16. The van der Waals surface area contributed by atoms with Gasteiger partial charge < -0.3 is 10.1 Å². The first kappa shape index (κ1) is 11.2. The van der Waals surface area contributed by atoms with Crippen molar-refractivity contribution in [2.45, 2.75) is 19.4 Å². The Balaban J connectivity index is 2.45. The van der Waals surface area contributed by atoms with Crippen molar-refractivity contribution >= 4 is 0 Å². The molecular weight excluding hydrogens is 178 g/mol. The molecule has 4 nitrogen and oxygen atoms in total. The van der Waals surface area contributed by atoms with Crippen LogP contribution in [-0.2, 0) is 11.8 Å². The highest BCUT2D eigenvalue weighted by Gasteiger charge is 2.09. The second-order valence-corrected chi connectivity index (χ2v) is 3.36. The molecule has 14 heavy (non-hydrogen) atoms. The Kier molecular flexibility index (Phi) is 4.62. The van der Waals surface area contributed by atoms with Crippen molar-refractivity contribution in [3.05, 3.63) is 18.0 Å². The maximum Gasteiger partial charge on any atom is 0.0587 e. The molecule has 1 N–H and O–H groups in total. The summed E-state index contributed by atoms with van der Waals surface area (Å²) < 4.78 is 6.82. The highest BCUT2D eigenvalue weighted by molar-refractivity contribution is 5.09. The van der Waals surface area contributed by atoms with E-state index >= 15 is 0 Å². The van der Waals surface area contributed by atoms with Crippen LogP contribution in [0.1, 0.15) is 24.9 Å². The van der Waals surface area contributed by atoms with Crippen LogP contribution in [0.5, 0.6) is 0 Å². The molecule has 0 bridgehead atoms. The molecular formula is C10H19N3O. The average Bonchev–Trinajstić information content (AvgIpc) is 2.60. The minimum Gasteiger partial charge on any atom is -0.383 e.